The summed E-state index contributed by atoms with van der Waals surface area (Å²) >= 11 is 1.96. The number of nitrogens with zero attached hydrogens (tertiary/aromatic N) is 1. The molecule has 0 aromatic carbocycles. The lowest BCUT2D eigenvalue weighted by Crippen LogP contribution is -2.48. The summed E-state index contributed by atoms with van der Waals surface area (Å²) in [7, 11) is 0. The second-order valence-electron chi connectivity index (χ2n) is 5.98. The fourth-order valence-corrected chi connectivity index (χ4v) is 5.49. The van der Waals surface area contributed by atoms with Gasteiger partial charge >= 0.3 is 5.97 Å². The van der Waals surface area contributed by atoms with Gasteiger partial charge in [0.25, 0.3) is 0 Å². The molecule has 4 heteroatoms. The third-order valence-electron chi connectivity index (χ3n) is 5.29. The van der Waals surface area contributed by atoms with Gasteiger partial charge in [0.15, 0.2) is 5.60 Å². The molecule has 1 aliphatic carbocycles. The summed E-state index contributed by atoms with van der Waals surface area (Å²) < 4.78 is 5.82. The van der Waals surface area contributed by atoms with Crippen molar-refractivity contribution in [1.82, 2.24) is 4.90 Å². The fourth-order valence-electron chi connectivity index (χ4n) is 4.58. The molecule has 0 N–H and O–H groups in total. The molecule has 3 aliphatic heterocycles. The maximum Gasteiger partial charge on any atom is 0.331 e. The molecule has 3 heterocycles. The van der Waals surface area contributed by atoms with Crippen molar-refractivity contribution in [1.29, 1.82) is 0 Å². The number of fused-ring (bicyclic) bond motifs is 3. The van der Waals surface area contributed by atoms with Gasteiger partial charge in [0.05, 0.1) is 6.04 Å². The van der Waals surface area contributed by atoms with Crippen LogP contribution in [-0.2, 0) is 9.53 Å². The summed E-state index contributed by atoms with van der Waals surface area (Å²) in [6, 6.07) is 1.08. The first-order valence-electron chi connectivity index (χ1n) is 6.97. The summed E-state index contributed by atoms with van der Waals surface area (Å²) in [5.41, 5.74) is 1.06. The van der Waals surface area contributed by atoms with Crippen molar-refractivity contribution in [3.05, 3.63) is 11.6 Å². The van der Waals surface area contributed by atoms with E-state index in [1.54, 1.807) is 6.08 Å². The van der Waals surface area contributed by atoms with E-state index in [2.05, 4.69) is 11.2 Å². The molecule has 1 saturated carbocycles. The Balaban J connectivity index is 1.79. The van der Waals surface area contributed by atoms with E-state index in [0.717, 1.165) is 12.8 Å². The highest BCUT2D eigenvalue weighted by Crippen LogP contribution is 2.55. The predicted molar refractivity (Wildman–Crippen MR) is 71.6 cm³/mol. The highest BCUT2D eigenvalue weighted by atomic mass is 32.2. The molecule has 0 aromatic heterocycles. The topological polar surface area (TPSA) is 29.5 Å². The van der Waals surface area contributed by atoms with E-state index >= 15 is 0 Å². The van der Waals surface area contributed by atoms with Gasteiger partial charge in [0.2, 0.25) is 0 Å². The smallest absolute Gasteiger partial charge is 0.331 e. The van der Waals surface area contributed by atoms with Gasteiger partial charge in [-0.05, 0) is 37.6 Å². The molecular weight excluding hydrogens is 246 g/mol. The number of carbonyl (C=O) groups excluding carboxylic acids is 1. The zero-order valence-electron chi connectivity index (χ0n) is 10.7. The third kappa shape index (κ3) is 1.28. The molecular formula is C14H19NO2S. The van der Waals surface area contributed by atoms with Crippen LogP contribution in [0.15, 0.2) is 11.6 Å². The van der Waals surface area contributed by atoms with Crippen molar-refractivity contribution < 1.29 is 9.53 Å². The van der Waals surface area contributed by atoms with Crippen LogP contribution >= 0.6 is 11.8 Å². The van der Waals surface area contributed by atoms with Gasteiger partial charge < -0.3 is 4.74 Å². The molecule has 4 rings (SSSR count). The lowest BCUT2D eigenvalue weighted by Gasteiger charge is -2.38. The van der Waals surface area contributed by atoms with E-state index in [1.165, 1.54) is 31.4 Å². The predicted octanol–water partition coefficient (Wildman–Crippen LogP) is 1.97. The maximum absolute atomic E-state index is 11.7. The summed E-state index contributed by atoms with van der Waals surface area (Å²) in [5.74, 6) is -0.0991. The van der Waals surface area contributed by atoms with E-state index < -0.39 is 0 Å². The quantitative estimate of drug-likeness (QED) is 0.678. The third-order valence-corrected chi connectivity index (χ3v) is 6.38. The molecule has 1 spiro atoms. The maximum atomic E-state index is 11.7. The Kier molecular flexibility index (Phi) is 2.37. The standard InChI is InChI=1S/C14H19NO2S/c1-18-11-6-9-7-13(16)17-14(9)8-10(11)15-5-3-2-4-12(14)15/h7,10-12H,2-6,8H2,1H3/t10-,11?,12+,14-/m0/s1. The van der Waals surface area contributed by atoms with E-state index in [9.17, 15) is 4.79 Å². The van der Waals surface area contributed by atoms with Crippen LogP contribution in [0.2, 0.25) is 0 Å². The lowest BCUT2D eigenvalue weighted by molar-refractivity contribution is -0.148. The molecule has 4 aliphatic rings. The average Bonchev–Trinajstić information content (AvgIpc) is 2.86. The van der Waals surface area contributed by atoms with Crippen LogP contribution in [0.1, 0.15) is 32.1 Å². The van der Waals surface area contributed by atoms with Crippen molar-refractivity contribution in [2.75, 3.05) is 12.8 Å². The molecule has 0 amide bonds. The van der Waals surface area contributed by atoms with Crippen LogP contribution in [0.25, 0.3) is 0 Å². The van der Waals surface area contributed by atoms with E-state index in [-0.39, 0.29) is 11.6 Å². The van der Waals surface area contributed by atoms with Crippen LogP contribution in [0.3, 0.4) is 0 Å². The number of thioether (sulfide) groups is 1. The molecule has 98 valence electrons. The monoisotopic (exact) mass is 265 g/mol. The number of hydrogen-bond acceptors (Lipinski definition) is 4. The van der Waals surface area contributed by atoms with E-state index in [0.29, 0.717) is 17.3 Å². The van der Waals surface area contributed by atoms with Gasteiger partial charge in [-0.15, -0.1) is 0 Å². The Morgan fingerprint density at radius 1 is 1.50 bits per heavy atom. The Morgan fingerprint density at radius 2 is 2.39 bits per heavy atom. The minimum Gasteiger partial charge on any atom is -0.450 e. The Hall–Kier alpha value is -0.480. The Morgan fingerprint density at radius 3 is 3.22 bits per heavy atom. The van der Waals surface area contributed by atoms with Crippen LogP contribution < -0.4 is 0 Å². The van der Waals surface area contributed by atoms with Crippen LogP contribution in [-0.4, -0.2) is 46.6 Å². The minimum atomic E-state index is -0.228. The number of esters is 1. The van der Waals surface area contributed by atoms with Gasteiger partial charge in [0.1, 0.15) is 0 Å². The van der Waals surface area contributed by atoms with Gasteiger partial charge in [-0.25, -0.2) is 4.79 Å². The number of hydrogen-bond donors (Lipinski definition) is 0. The summed E-state index contributed by atoms with van der Waals surface area (Å²) in [4.78, 5) is 14.4. The Bertz CT molecular complexity index is 436. The second kappa shape index (κ2) is 3.76. The molecule has 3 nitrogen and oxygen atoms in total. The van der Waals surface area contributed by atoms with Gasteiger partial charge in [-0.3, -0.25) is 4.90 Å². The number of piperidine rings is 1. The van der Waals surface area contributed by atoms with Gasteiger partial charge in [0, 0.05) is 23.8 Å². The molecule has 0 radical (unpaired) electrons. The Labute approximate surface area is 112 Å². The van der Waals surface area contributed by atoms with Crippen molar-refractivity contribution in [3.8, 4) is 0 Å². The zero-order chi connectivity index (χ0) is 12.3. The summed E-state index contributed by atoms with van der Waals surface area (Å²) in [5, 5.41) is 0.641. The molecule has 2 bridgehead atoms. The van der Waals surface area contributed by atoms with E-state index in [1.807, 2.05) is 11.8 Å². The van der Waals surface area contributed by atoms with Gasteiger partial charge in [-0.1, -0.05) is 6.42 Å². The number of ether oxygens (including phenoxy) is 1. The zero-order valence-corrected chi connectivity index (χ0v) is 11.5. The molecule has 18 heavy (non-hydrogen) atoms. The molecule has 0 aromatic rings. The first-order valence-corrected chi connectivity index (χ1v) is 8.26. The highest BCUT2D eigenvalue weighted by Gasteiger charge is 2.63. The lowest BCUT2D eigenvalue weighted by atomic mass is 9.77. The number of rotatable bonds is 1. The van der Waals surface area contributed by atoms with Crippen molar-refractivity contribution >= 4 is 17.7 Å². The molecule has 2 saturated heterocycles. The second-order valence-corrected chi connectivity index (χ2v) is 7.06. The first-order chi connectivity index (χ1) is 8.74. The van der Waals surface area contributed by atoms with Crippen molar-refractivity contribution in [2.24, 2.45) is 0 Å². The van der Waals surface area contributed by atoms with Crippen LogP contribution in [0, 0.1) is 0 Å². The minimum absolute atomic E-state index is 0.0991. The first kappa shape index (κ1) is 11.4. The summed E-state index contributed by atoms with van der Waals surface area (Å²) in [6.07, 6.45) is 9.86. The summed E-state index contributed by atoms with van der Waals surface area (Å²) in [6.45, 7) is 1.19. The van der Waals surface area contributed by atoms with Crippen molar-refractivity contribution in [3.63, 3.8) is 0 Å². The normalized spacial score (nSPS) is 46.4. The SMILES string of the molecule is CSC1CC2=CC(=O)O[C@@]23C[C@@H]1N1CCCC[C@@H]13. The average molecular weight is 265 g/mol. The van der Waals surface area contributed by atoms with Gasteiger partial charge in [-0.2, -0.15) is 11.8 Å². The fraction of sp³-hybridized carbons (Fsp3) is 0.786. The van der Waals surface area contributed by atoms with Crippen molar-refractivity contribution in [2.45, 2.75) is 55.0 Å². The molecule has 1 unspecified atom stereocenters. The molecule has 3 fully saturated rings. The highest BCUT2D eigenvalue weighted by molar-refractivity contribution is 7.99. The van der Waals surface area contributed by atoms with Crippen LogP contribution in [0.4, 0.5) is 0 Å². The van der Waals surface area contributed by atoms with E-state index in [4.69, 9.17) is 4.74 Å². The number of carbonyl (C=O) groups is 1. The largest absolute Gasteiger partial charge is 0.450 e. The molecule has 4 atom stereocenters. The van der Waals surface area contributed by atoms with Crippen LogP contribution in [0.5, 0.6) is 0 Å².